The number of pyridine rings is 1. The van der Waals surface area contributed by atoms with Gasteiger partial charge in [0, 0.05) is 6.20 Å². The van der Waals surface area contributed by atoms with Gasteiger partial charge in [0.15, 0.2) is 5.15 Å². The SMILES string of the molecule is Cc1cc(C2CC2)cc2c1c(=O)[nH]c(=O)n2-c1cccnc1Cl. The summed E-state index contributed by atoms with van der Waals surface area (Å²) in [6, 6.07) is 7.39. The van der Waals surface area contributed by atoms with E-state index in [4.69, 9.17) is 11.6 Å². The average Bonchev–Trinajstić information content (AvgIpc) is 3.33. The highest BCUT2D eigenvalue weighted by molar-refractivity contribution is 6.31. The predicted molar refractivity (Wildman–Crippen MR) is 89.7 cm³/mol. The van der Waals surface area contributed by atoms with Gasteiger partial charge < -0.3 is 0 Å². The van der Waals surface area contributed by atoms with Gasteiger partial charge >= 0.3 is 5.69 Å². The minimum absolute atomic E-state index is 0.220. The van der Waals surface area contributed by atoms with Gasteiger partial charge in [-0.25, -0.2) is 9.78 Å². The van der Waals surface area contributed by atoms with Gasteiger partial charge in [0.05, 0.1) is 16.6 Å². The number of aromatic nitrogens is 3. The number of benzene rings is 1. The number of fused-ring (bicyclic) bond motifs is 1. The fourth-order valence-electron chi connectivity index (χ4n) is 3.03. The van der Waals surface area contributed by atoms with E-state index in [1.165, 1.54) is 4.57 Å². The first-order chi connectivity index (χ1) is 11.1. The van der Waals surface area contributed by atoms with Crippen LogP contribution in [0.15, 0.2) is 40.1 Å². The van der Waals surface area contributed by atoms with E-state index in [0.29, 0.717) is 22.5 Å². The van der Waals surface area contributed by atoms with Crippen molar-refractivity contribution in [3.8, 4) is 5.69 Å². The number of rotatable bonds is 2. The molecule has 1 saturated carbocycles. The van der Waals surface area contributed by atoms with Gasteiger partial charge in [-0.05, 0) is 55.0 Å². The first-order valence-electron chi connectivity index (χ1n) is 7.47. The lowest BCUT2D eigenvalue weighted by Crippen LogP contribution is -2.30. The Morgan fingerprint density at radius 3 is 2.78 bits per heavy atom. The maximum Gasteiger partial charge on any atom is 0.333 e. The van der Waals surface area contributed by atoms with Gasteiger partial charge in [-0.3, -0.25) is 14.3 Å². The van der Waals surface area contributed by atoms with Crippen LogP contribution in [0.25, 0.3) is 16.6 Å². The Labute approximate surface area is 136 Å². The molecule has 1 aromatic carbocycles. The summed E-state index contributed by atoms with van der Waals surface area (Å²) in [4.78, 5) is 31.1. The van der Waals surface area contributed by atoms with E-state index < -0.39 is 5.69 Å². The first kappa shape index (κ1) is 14.2. The summed E-state index contributed by atoms with van der Waals surface area (Å²) in [5, 5.41) is 0.728. The van der Waals surface area contributed by atoms with E-state index in [2.05, 4.69) is 9.97 Å². The summed E-state index contributed by atoms with van der Waals surface area (Å²) in [6.07, 6.45) is 3.85. The maximum absolute atomic E-state index is 12.4. The molecular formula is C17H14ClN3O2. The minimum atomic E-state index is -0.509. The summed E-state index contributed by atoms with van der Waals surface area (Å²) in [6.45, 7) is 1.89. The number of hydrogen-bond acceptors (Lipinski definition) is 3. The Hall–Kier alpha value is -2.40. The summed E-state index contributed by atoms with van der Waals surface area (Å²) >= 11 is 6.16. The molecule has 2 aromatic heterocycles. The Balaban J connectivity index is 2.17. The molecule has 0 amide bonds. The maximum atomic E-state index is 12.4. The van der Waals surface area contributed by atoms with Crippen LogP contribution in [-0.2, 0) is 0 Å². The Bertz CT molecular complexity index is 1050. The predicted octanol–water partition coefficient (Wildman–Crippen LogP) is 2.91. The molecule has 0 aliphatic heterocycles. The molecule has 116 valence electrons. The molecule has 4 rings (SSSR count). The number of nitrogens with zero attached hydrogens (tertiary/aromatic N) is 2. The van der Waals surface area contributed by atoms with Gasteiger partial charge in [0.25, 0.3) is 5.56 Å². The van der Waals surface area contributed by atoms with Gasteiger partial charge in [0.2, 0.25) is 0 Å². The van der Waals surface area contributed by atoms with E-state index in [0.717, 1.165) is 24.0 Å². The zero-order valence-electron chi connectivity index (χ0n) is 12.5. The number of nitrogens with one attached hydrogen (secondary N) is 1. The molecule has 1 fully saturated rings. The summed E-state index contributed by atoms with van der Waals surface area (Å²) in [7, 11) is 0. The molecule has 0 radical (unpaired) electrons. The number of hydrogen-bond donors (Lipinski definition) is 1. The van der Waals surface area contributed by atoms with Crippen LogP contribution in [0.3, 0.4) is 0 Å². The van der Waals surface area contributed by atoms with Crippen molar-refractivity contribution in [2.75, 3.05) is 0 Å². The van der Waals surface area contributed by atoms with Crippen LogP contribution in [0.1, 0.15) is 29.9 Å². The van der Waals surface area contributed by atoms with Crippen LogP contribution < -0.4 is 11.2 Å². The van der Waals surface area contributed by atoms with Crippen molar-refractivity contribution in [1.82, 2.24) is 14.5 Å². The average molecular weight is 328 g/mol. The van der Waals surface area contributed by atoms with E-state index in [1.807, 2.05) is 19.1 Å². The molecule has 3 aromatic rings. The van der Waals surface area contributed by atoms with E-state index in [9.17, 15) is 9.59 Å². The van der Waals surface area contributed by atoms with E-state index in [-0.39, 0.29) is 10.7 Å². The quantitative estimate of drug-likeness (QED) is 0.736. The van der Waals surface area contributed by atoms with Gasteiger partial charge in [-0.15, -0.1) is 0 Å². The number of H-pyrrole nitrogens is 1. The smallest absolute Gasteiger partial charge is 0.273 e. The van der Waals surface area contributed by atoms with Crippen molar-refractivity contribution in [3.05, 3.63) is 67.6 Å². The van der Waals surface area contributed by atoms with Crippen molar-refractivity contribution in [1.29, 1.82) is 0 Å². The topological polar surface area (TPSA) is 67.8 Å². The monoisotopic (exact) mass is 327 g/mol. The first-order valence-corrected chi connectivity index (χ1v) is 7.84. The number of aromatic amines is 1. The number of aryl methyl sites for hydroxylation is 1. The highest BCUT2D eigenvalue weighted by atomic mass is 35.5. The van der Waals surface area contributed by atoms with Crippen molar-refractivity contribution < 1.29 is 0 Å². The van der Waals surface area contributed by atoms with Crippen LogP contribution in [0.5, 0.6) is 0 Å². The van der Waals surface area contributed by atoms with Crippen LogP contribution >= 0.6 is 11.6 Å². The fourth-order valence-corrected chi connectivity index (χ4v) is 3.23. The van der Waals surface area contributed by atoms with Crippen LogP contribution in [0.4, 0.5) is 0 Å². The lowest BCUT2D eigenvalue weighted by molar-refractivity contribution is 0.931. The molecule has 0 bridgehead atoms. The largest absolute Gasteiger partial charge is 0.333 e. The third-order valence-electron chi connectivity index (χ3n) is 4.26. The highest BCUT2D eigenvalue weighted by Gasteiger charge is 2.25. The Kier molecular flexibility index (Phi) is 3.13. The molecule has 0 spiro atoms. The molecule has 0 saturated heterocycles. The highest BCUT2D eigenvalue weighted by Crippen LogP contribution is 2.41. The third-order valence-corrected chi connectivity index (χ3v) is 4.55. The summed E-state index contributed by atoms with van der Waals surface area (Å²) in [5.74, 6) is 0.519. The fraction of sp³-hybridized carbons (Fsp3) is 0.235. The van der Waals surface area contributed by atoms with Gasteiger partial charge in [-0.2, -0.15) is 0 Å². The summed E-state index contributed by atoms with van der Waals surface area (Å²) < 4.78 is 1.44. The van der Waals surface area contributed by atoms with E-state index in [1.54, 1.807) is 18.3 Å². The minimum Gasteiger partial charge on any atom is -0.273 e. The van der Waals surface area contributed by atoms with Crippen molar-refractivity contribution >= 4 is 22.5 Å². The molecule has 1 aliphatic rings. The molecule has 1 aliphatic carbocycles. The molecule has 6 heteroatoms. The standard InChI is InChI=1S/C17H14ClN3O2/c1-9-7-11(10-4-5-10)8-13-14(9)16(22)20-17(23)21(13)12-3-2-6-19-15(12)18/h2-3,6-8,10H,4-5H2,1H3,(H,20,22,23). The second kappa shape index (κ2) is 5.06. The third kappa shape index (κ3) is 2.28. The lowest BCUT2D eigenvalue weighted by Gasteiger charge is -2.13. The molecule has 0 atom stereocenters. The molecule has 23 heavy (non-hydrogen) atoms. The Morgan fingerprint density at radius 1 is 1.30 bits per heavy atom. The molecule has 1 N–H and O–H groups in total. The van der Waals surface area contributed by atoms with Crippen molar-refractivity contribution in [2.24, 2.45) is 0 Å². The van der Waals surface area contributed by atoms with Crippen molar-refractivity contribution in [3.63, 3.8) is 0 Å². The normalized spacial score (nSPS) is 14.3. The van der Waals surface area contributed by atoms with E-state index >= 15 is 0 Å². The van der Waals surface area contributed by atoms with Gasteiger partial charge in [-0.1, -0.05) is 17.7 Å². The van der Waals surface area contributed by atoms with Gasteiger partial charge in [0.1, 0.15) is 0 Å². The lowest BCUT2D eigenvalue weighted by atomic mass is 10.0. The Morgan fingerprint density at radius 2 is 2.09 bits per heavy atom. The molecule has 5 nitrogen and oxygen atoms in total. The number of halogens is 1. The van der Waals surface area contributed by atoms with Crippen LogP contribution in [0.2, 0.25) is 5.15 Å². The van der Waals surface area contributed by atoms with Crippen molar-refractivity contribution in [2.45, 2.75) is 25.7 Å². The second-order valence-electron chi connectivity index (χ2n) is 5.91. The molecule has 0 unspecified atom stereocenters. The van der Waals surface area contributed by atoms with Crippen LogP contribution in [0, 0.1) is 6.92 Å². The molecule has 2 heterocycles. The summed E-state index contributed by atoms with van der Waals surface area (Å²) in [5.41, 5.74) is 2.18. The van der Waals surface area contributed by atoms with Crippen LogP contribution in [-0.4, -0.2) is 14.5 Å². The zero-order valence-corrected chi connectivity index (χ0v) is 13.2. The molecular weight excluding hydrogens is 314 g/mol. The zero-order chi connectivity index (χ0) is 16.1. The second-order valence-corrected chi connectivity index (χ2v) is 6.27.